The molecule has 2 unspecified atom stereocenters. The Hall–Kier alpha value is -1.55. The molecule has 0 radical (unpaired) electrons. The zero-order valence-corrected chi connectivity index (χ0v) is 11.6. The summed E-state index contributed by atoms with van der Waals surface area (Å²) in [6.07, 6.45) is 0.696. The molecule has 2 atom stereocenters. The third-order valence-corrected chi connectivity index (χ3v) is 3.94. The molecule has 0 spiro atoms. The molecule has 1 fully saturated rings. The minimum Gasteiger partial charge on any atom is -0.453 e. The van der Waals surface area contributed by atoms with Crippen LogP contribution in [0.15, 0.2) is 24.3 Å². The summed E-state index contributed by atoms with van der Waals surface area (Å²) >= 11 is 0. The number of carbonyl (C=O) groups excluding carboxylic acids is 1. The van der Waals surface area contributed by atoms with Gasteiger partial charge in [0.2, 0.25) is 0 Å². The Bertz CT molecular complexity index is 448. The van der Waals surface area contributed by atoms with Crippen molar-refractivity contribution in [2.45, 2.75) is 19.3 Å². The third-order valence-electron chi connectivity index (χ3n) is 3.94. The van der Waals surface area contributed by atoms with Crippen molar-refractivity contribution in [2.75, 3.05) is 26.7 Å². The van der Waals surface area contributed by atoms with Crippen molar-refractivity contribution in [3.63, 3.8) is 0 Å². The van der Waals surface area contributed by atoms with E-state index in [0.717, 1.165) is 13.0 Å². The van der Waals surface area contributed by atoms with Crippen LogP contribution in [-0.4, -0.2) is 37.7 Å². The van der Waals surface area contributed by atoms with Crippen LogP contribution in [-0.2, 0) is 4.74 Å². The highest BCUT2D eigenvalue weighted by atomic mass is 16.5. The van der Waals surface area contributed by atoms with Crippen molar-refractivity contribution in [1.29, 1.82) is 0 Å². The molecule has 1 saturated heterocycles. The van der Waals surface area contributed by atoms with Gasteiger partial charge in [-0.05, 0) is 37.3 Å². The number of carbonyl (C=O) groups is 1. The number of nitrogens with zero attached hydrogens (tertiary/aromatic N) is 1. The van der Waals surface area contributed by atoms with Crippen LogP contribution in [0.5, 0.6) is 0 Å². The number of aryl methyl sites for hydroxylation is 1. The Morgan fingerprint density at radius 1 is 1.53 bits per heavy atom. The third kappa shape index (κ3) is 3.07. The maximum absolute atomic E-state index is 11.6. The van der Waals surface area contributed by atoms with Crippen molar-refractivity contribution in [1.82, 2.24) is 4.90 Å². The second-order valence-corrected chi connectivity index (χ2v) is 5.22. The standard InChI is InChI=1S/C15H22N2O2/c1-11-4-3-5-12(8-11)14-6-7-17(15(18)19-2)10-13(14)9-16/h3-5,8,13-14H,6-7,9-10,16H2,1-2H3. The molecule has 19 heavy (non-hydrogen) atoms. The number of amides is 1. The Morgan fingerprint density at radius 2 is 2.32 bits per heavy atom. The van der Waals surface area contributed by atoms with E-state index in [1.54, 1.807) is 4.90 Å². The molecule has 0 aromatic heterocycles. The van der Waals surface area contributed by atoms with Crippen molar-refractivity contribution >= 4 is 6.09 Å². The van der Waals surface area contributed by atoms with Crippen LogP contribution in [0.2, 0.25) is 0 Å². The number of hydrogen-bond donors (Lipinski definition) is 1. The number of rotatable bonds is 2. The van der Waals surface area contributed by atoms with Gasteiger partial charge in [-0.2, -0.15) is 0 Å². The lowest BCUT2D eigenvalue weighted by Crippen LogP contribution is -2.45. The fourth-order valence-electron chi connectivity index (χ4n) is 2.91. The average Bonchev–Trinajstić information content (AvgIpc) is 2.45. The van der Waals surface area contributed by atoms with Crippen LogP contribution >= 0.6 is 0 Å². The molecule has 1 aliphatic heterocycles. The first-order chi connectivity index (χ1) is 9.15. The molecule has 4 heteroatoms. The predicted molar refractivity (Wildman–Crippen MR) is 75.1 cm³/mol. The number of methoxy groups -OCH3 is 1. The lowest BCUT2D eigenvalue weighted by Gasteiger charge is -2.37. The second kappa shape index (κ2) is 6.06. The van der Waals surface area contributed by atoms with Gasteiger partial charge in [-0.3, -0.25) is 0 Å². The van der Waals surface area contributed by atoms with E-state index in [-0.39, 0.29) is 6.09 Å². The van der Waals surface area contributed by atoms with Crippen molar-refractivity contribution < 1.29 is 9.53 Å². The lowest BCUT2D eigenvalue weighted by molar-refractivity contribution is 0.0970. The second-order valence-electron chi connectivity index (χ2n) is 5.22. The van der Waals surface area contributed by atoms with Gasteiger partial charge in [0.25, 0.3) is 0 Å². The van der Waals surface area contributed by atoms with Gasteiger partial charge < -0.3 is 15.4 Å². The molecule has 1 aliphatic rings. The highest BCUT2D eigenvalue weighted by Crippen LogP contribution is 2.33. The van der Waals surface area contributed by atoms with Gasteiger partial charge in [0.15, 0.2) is 0 Å². The minimum atomic E-state index is -0.249. The molecule has 1 aromatic rings. The molecule has 4 nitrogen and oxygen atoms in total. The van der Waals surface area contributed by atoms with Gasteiger partial charge in [0.05, 0.1) is 7.11 Å². The van der Waals surface area contributed by atoms with E-state index in [0.29, 0.717) is 24.9 Å². The van der Waals surface area contributed by atoms with Crippen LogP contribution in [0, 0.1) is 12.8 Å². The SMILES string of the molecule is COC(=O)N1CCC(c2cccc(C)c2)C(CN)C1. The maximum atomic E-state index is 11.6. The molecule has 2 rings (SSSR count). The van der Waals surface area contributed by atoms with E-state index in [2.05, 4.69) is 31.2 Å². The normalized spacial score (nSPS) is 23.2. The molecule has 1 heterocycles. The van der Waals surface area contributed by atoms with Gasteiger partial charge in [-0.1, -0.05) is 29.8 Å². The molecular weight excluding hydrogens is 240 g/mol. The smallest absolute Gasteiger partial charge is 0.409 e. The summed E-state index contributed by atoms with van der Waals surface area (Å²) in [5, 5.41) is 0. The highest BCUT2D eigenvalue weighted by Gasteiger charge is 2.31. The summed E-state index contributed by atoms with van der Waals surface area (Å²) in [4.78, 5) is 13.3. The molecule has 104 valence electrons. The maximum Gasteiger partial charge on any atom is 0.409 e. The molecule has 1 aromatic carbocycles. The van der Waals surface area contributed by atoms with Crippen molar-refractivity contribution in [2.24, 2.45) is 11.7 Å². The number of benzene rings is 1. The number of hydrogen-bond acceptors (Lipinski definition) is 3. The summed E-state index contributed by atoms with van der Waals surface area (Å²) in [5.74, 6) is 0.737. The average molecular weight is 262 g/mol. The summed E-state index contributed by atoms with van der Waals surface area (Å²) in [7, 11) is 1.42. The van der Waals surface area contributed by atoms with Gasteiger partial charge in [0.1, 0.15) is 0 Å². The van der Waals surface area contributed by atoms with E-state index in [1.807, 2.05) is 0 Å². The van der Waals surface area contributed by atoms with Crippen LogP contribution in [0.4, 0.5) is 4.79 Å². The molecule has 0 aliphatic carbocycles. The van der Waals surface area contributed by atoms with E-state index in [4.69, 9.17) is 10.5 Å². The summed E-state index contributed by atoms with van der Waals surface area (Å²) in [5.41, 5.74) is 8.49. The zero-order chi connectivity index (χ0) is 13.8. The molecule has 0 bridgehead atoms. The first-order valence-corrected chi connectivity index (χ1v) is 6.75. The fraction of sp³-hybridized carbons (Fsp3) is 0.533. The van der Waals surface area contributed by atoms with Gasteiger partial charge in [-0.15, -0.1) is 0 Å². The topological polar surface area (TPSA) is 55.6 Å². The predicted octanol–water partition coefficient (Wildman–Crippen LogP) is 2.13. The first-order valence-electron chi connectivity index (χ1n) is 6.75. The van der Waals surface area contributed by atoms with E-state index < -0.39 is 0 Å². The monoisotopic (exact) mass is 262 g/mol. The largest absolute Gasteiger partial charge is 0.453 e. The van der Waals surface area contributed by atoms with Crippen molar-refractivity contribution in [3.8, 4) is 0 Å². The van der Waals surface area contributed by atoms with Gasteiger partial charge in [0, 0.05) is 13.1 Å². The summed E-state index contributed by atoms with van der Waals surface area (Å²) < 4.78 is 4.79. The summed E-state index contributed by atoms with van der Waals surface area (Å²) in [6.45, 7) is 4.11. The number of likely N-dealkylation sites (tertiary alicyclic amines) is 1. The van der Waals surface area contributed by atoms with Crippen LogP contribution < -0.4 is 5.73 Å². The lowest BCUT2D eigenvalue weighted by atomic mass is 9.80. The van der Waals surface area contributed by atoms with E-state index >= 15 is 0 Å². The van der Waals surface area contributed by atoms with E-state index in [9.17, 15) is 4.79 Å². The Morgan fingerprint density at radius 3 is 2.95 bits per heavy atom. The zero-order valence-electron chi connectivity index (χ0n) is 11.6. The minimum absolute atomic E-state index is 0.249. The number of nitrogens with two attached hydrogens (primary N) is 1. The molecule has 1 amide bonds. The van der Waals surface area contributed by atoms with Crippen LogP contribution in [0.25, 0.3) is 0 Å². The Kier molecular flexibility index (Phi) is 4.43. The number of piperidine rings is 1. The van der Waals surface area contributed by atoms with Crippen LogP contribution in [0.1, 0.15) is 23.5 Å². The van der Waals surface area contributed by atoms with Crippen molar-refractivity contribution in [3.05, 3.63) is 35.4 Å². The first kappa shape index (κ1) is 13.9. The van der Waals surface area contributed by atoms with Gasteiger partial charge >= 0.3 is 6.09 Å². The molecule has 0 saturated carbocycles. The fourth-order valence-corrected chi connectivity index (χ4v) is 2.91. The highest BCUT2D eigenvalue weighted by molar-refractivity contribution is 5.67. The quantitative estimate of drug-likeness (QED) is 0.888. The molecular formula is C15H22N2O2. The molecule has 2 N–H and O–H groups in total. The van der Waals surface area contributed by atoms with Gasteiger partial charge in [-0.25, -0.2) is 4.79 Å². The van der Waals surface area contributed by atoms with E-state index in [1.165, 1.54) is 18.2 Å². The summed E-state index contributed by atoms with van der Waals surface area (Å²) in [6, 6.07) is 8.57. The Labute approximate surface area is 114 Å². The van der Waals surface area contributed by atoms with Crippen LogP contribution in [0.3, 0.4) is 0 Å². The Balaban J connectivity index is 2.13. The number of ether oxygens (including phenoxy) is 1.